The SMILES string of the molecule is CCCCN(CCCC)C(=O)C(CC)c1ccc2[nH]c(-c3cc(C)cc(C)c3)c(CCN(CCCCc3cccnc3)C(=O)OCc3ccccc3)c2c1. The van der Waals surface area contributed by atoms with Crippen LogP contribution < -0.4 is 0 Å². The molecule has 0 fully saturated rings. The third-order valence-corrected chi connectivity index (χ3v) is 10.4. The van der Waals surface area contributed by atoms with Crippen LogP contribution in [-0.2, 0) is 29.0 Å². The highest BCUT2D eigenvalue weighted by Gasteiger charge is 2.26. The van der Waals surface area contributed by atoms with Crippen molar-refractivity contribution in [2.24, 2.45) is 0 Å². The summed E-state index contributed by atoms with van der Waals surface area (Å²) in [5.41, 5.74) is 10.0. The molecule has 54 heavy (non-hydrogen) atoms. The number of pyridine rings is 1. The van der Waals surface area contributed by atoms with Crippen LogP contribution in [0.25, 0.3) is 22.2 Å². The Balaban J connectivity index is 1.46. The topological polar surface area (TPSA) is 78.5 Å². The van der Waals surface area contributed by atoms with Gasteiger partial charge in [-0.05, 0) is 117 Å². The molecule has 1 atom stereocenters. The summed E-state index contributed by atoms with van der Waals surface area (Å²) in [4.78, 5) is 39.9. The number of H-pyrrole nitrogens is 1. The first kappa shape index (κ1) is 40.3. The third kappa shape index (κ3) is 11.1. The minimum atomic E-state index is -0.301. The first-order valence-corrected chi connectivity index (χ1v) is 20.2. The number of aromatic amines is 1. The number of amides is 2. The summed E-state index contributed by atoms with van der Waals surface area (Å²) < 4.78 is 5.91. The number of carbonyl (C=O) groups excluding carboxylic acids is 2. The second-order valence-corrected chi connectivity index (χ2v) is 14.7. The second kappa shape index (κ2) is 20.5. The molecule has 0 aliphatic carbocycles. The highest BCUT2D eigenvalue weighted by molar-refractivity contribution is 5.93. The molecule has 0 spiro atoms. The molecule has 1 unspecified atom stereocenters. The van der Waals surface area contributed by atoms with E-state index < -0.39 is 0 Å². The maximum atomic E-state index is 14.1. The lowest BCUT2D eigenvalue weighted by Crippen LogP contribution is -2.36. The third-order valence-electron chi connectivity index (χ3n) is 10.4. The maximum absolute atomic E-state index is 14.1. The molecular weight excluding hydrogens is 669 g/mol. The highest BCUT2D eigenvalue weighted by Crippen LogP contribution is 2.35. The number of aromatic nitrogens is 2. The number of rotatable bonds is 20. The van der Waals surface area contributed by atoms with Crippen LogP contribution in [0.15, 0.2) is 91.3 Å². The standard InChI is InChI=1S/C47H60N4O3/c1-6-9-25-50(26-10-7-2)46(52)41(8-3)39-21-22-44-43(32-39)42(45(49-44)40-30-35(4)29-36(5)31-40)23-28-51(27-15-14-17-37-20-16-24-48-33-37)47(53)54-34-38-18-12-11-13-19-38/h11-13,16,18-22,24,29-33,41,49H,6-10,14-15,17,23,25-28,34H2,1-5H3. The van der Waals surface area contributed by atoms with E-state index in [1.165, 1.54) is 16.7 Å². The molecular formula is C47H60N4O3. The van der Waals surface area contributed by atoms with Crippen LogP contribution in [0.1, 0.15) is 105 Å². The molecule has 1 N–H and O–H groups in total. The molecule has 2 amide bonds. The summed E-state index contributed by atoms with van der Waals surface area (Å²) in [7, 11) is 0. The van der Waals surface area contributed by atoms with Gasteiger partial charge in [0.05, 0.1) is 5.92 Å². The lowest BCUT2D eigenvalue weighted by molar-refractivity contribution is -0.133. The van der Waals surface area contributed by atoms with Crippen molar-refractivity contribution in [1.29, 1.82) is 0 Å². The van der Waals surface area contributed by atoms with Crippen LogP contribution in [-0.4, -0.2) is 57.9 Å². The predicted octanol–water partition coefficient (Wildman–Crippen LogP) is 11.0. The Morgan fingerprint density at radius 2 is 1.44 bits per heavy atom. The Hall–Kier alpha value is -4.91. The summed E-state index contributed by atoms with van der Waals surface area (Å²) in [5, 5.41) is 1.11. The van der Waals surface area contributed by atoms with Gasteiger partial charge in [0.15, 0.2) is 0 Å². The molecule has 2 heterocycles. The molecule has 2 aromatic heterocycles. The van der Waals surface area contributed by atoms with Gasteiger partial charge in [0.1, 0.15) is 6.61 Å². The number of hydrogen-bond donors (Lipinski definition) is 1. The minimum absolute atomic E-state index is 0.209. The van der Waals surface area contributed by atoms with Gasteiger partial charge in [0.2, 0.25) is 5.91 Å². The van der Waals surface area contributed by atoms with Crippen LogP contribution in [0.5, 0.6) is 0 Å². The monoisotopic (exact) mass is 728 g/mol. The van der Waals surface area contributed by atoms with E-state index in [1.807, 2.05) is 47.5 Å². The van der Waals surface area contributed by atoms with E-state index in [9.17, 15) is 9.59 Å². The Morgan fingerprint density at radius 3 is 2.11 bits per heavy atom. The summed E-state index contributed by atoms with van der Waals surface area (Å²) in [6, 6.07) is 27.1. The number of hydrogen-bond acceptors (Lipinski definition) is 4. The predicted molar refractivity (Wildman–Crippen MR) is 222 cm³/mol. The van der Waals surface area contributed by atoms with Crippen molar-refractivity contribution in [3.05, 3.63) is 125 Å². The van der Waals surface area contributed by atoms with Gasteiger partial charge in [-0.25, -0.2) is 4.79 Å². The molecule has 3 aromatic carbocycles. The van der Waals surface area contributed by atoms with E-state index in [1.54, 1.807) is 6.20 Å². The zero-order chi connectivity index (χ0) is 38.3. The Kier molecular flexibility index (Phi) is 15.3. The Labute approximate surface area is 323 Å². The average Bonchev–Trinajstić information content (AvgIpc) is 3.55. The van der Waals surface area contributed by atoms with Gasteiger partial charge >= 0.3 is 6.09 Å². The van der Waals surface area contributed by atoms with Gasteiger partial charge in [-0.15, -0.1) is 0 Å². The van der Waals surface area contributed by atoms with Gasteiger partial charge in [-0.3, -0.25) is 9.78 Å². The molecule has 0 aliphatic heterocycles. The minimum Gasteiger partial charge on any atom is -0.445 e. The van der Waals surface area contributed by atoms with Gasteiger partial charge in [-0.1, -0.05) is 93.3 Å². The fourth-order valence-corrected chi connectivity index (χ4v) is 7.44. The number of benzene rings is 3. The molecule has 0 saturated heterocycles. The maximum Gasteiger partial charge on any atom is 0.410 e. The molecule has 7 nitrogen and oxygen atoms in total. The van der Waals surface area contributed by atoms with E-state index >= 15 is 0 Å². The zero-order valence-corrected chi connectivity index (χ0v) is 33.2. The van der Waals surface area contributed by atoms with Crippen molar-refractivity contribution in [3.8, 4) is 11.3 Å². The summed E-state index contributed by atoms with van der Waals surface area (Å²) in [5.74, 6) is 0.0174. The molecule has 0 aliphatic rings. The number of fused-ring (bicyclic) bond motifs is 1. The van der Waals surface area contributed by atoms with E-state index in [0.717, 1.165) is 103 Å². The van der Waals surface area contributed by atoms with Crippen molar-refractivity contribution in [3.63, 3.8) is 0 Å². The molecule has 7 heteroatoms. The zero-order valence-electron chi connectivity index (χ0n) is 33.2. The fraction of sp³-hybridized carbons (Fsp3) is 0.426. The normalized spacial score (nSPS) is 11.8. The number of aryl methyl sites for hydroxylation is 3. The fourth-order valence-electron chi connectivity index (χ4n) is 7.44. The lowest BCUT2D eigenvalue weighted by Gasteiger charge is -2.27. The Bertz CT molecular complexity index is 1890. The summed E-state index contributed by atoms with van der Waals surface area (Å²) in [6.07, 6.45) is 11.6. The quantitative estimate of drug-likeness (QED) is 0.0809. The molecule has 0 saturated carbocycles. The van der Waals surface area contributed by atoms with Gasteiger partial charge in [0.25, 0.3) is 0 Å². The van der Waals surface area contributed by atoms with E-state index in [2.05, 4.69) is 92.0 Å². The van der Waals surface area contributed by atoms with Gasteiger partial charge in [-0.2, -0.15) is 0 Å². The van der Waals surface area contributed by atoms with Crippen molar-refractivity contribution in [2.75, 3.05) is 26.2 Å². The van der Waals surface area contributed by atoms with Gasteiger partial charge in [0, 0.05) is 55.2 Å². The largest absolute Gasteiger partial charge is 0.445 e. The number of nitrogens with one attached hydrogen (secondary N) is 1. The average molecular weight is 729 g/mol. The van der Waals surface area contributed by atoms with Crippen molar-refractivity contribution in [2.45, 2.75) is 105 Å². The molecule has 5 rings (SSSR count). The number of ether oxygens (including phenoxy) is 1. The number of unbranched alkanes of at least 4 members (excludes halogenated alkanes) is 3. The van der Waals surface area contributed by atoms with E-state index in [-0.39, 0.29) is 24.5 Å². The first-order valence-electron chi connectivity index (χ1n) is 20.2. The highest BCUT2D eigenvalue weighted by atomic mass is 16.6. The van der Waals surface area contributed by atoms with Gasteiger partial charge < -0.3 is 19.5 Å². The van der Waals surface area contributed by atoms with Crippen molar-refractivity contribution < 1.29 is 14.3 Å². The molecule has 0 radical (unpaired) electrons. The van der Waals surface area contributed by atoms with Crippen molar-refractivity contribution >= 4 is 22.9 Å². The summed E-state index contributed by atoms with van der Waals surface area (Å²) in [6.45, 7) is 13.7. The number of nitrogens with zero attached hydrogens (tertiary/aromatic N) is 3. The van der Waals surface area contributed by atoms with Crippen LogP contribution in [0.3, 0.4) is 0 Å². The summed E-state index contributed by atoms with van der Waals surface area (Å²) >= 11 is 0. The van der Waals surface area contributed by atoms with Crippen LogP contribution in [0.2, 0.25) is 0 Å². The number of carbonyl (C=O) groups is 2. The smallest absolute Gasteiger partial charge is 0.410 e. The van der Waals surface area contributed by atoms with Crippen molar-refractivity contribution in [1.82, 2.24) is 19.8 Å². The first-order chi connectivity index (χ1) is 26.3. The second-order valence-electron chi connectivity index (χ2n) is 14.7. The van der Waals surface area contributed by atoms with Crippen LogP contribution in [0.4, 0.5) is 4.79 Å². The molecule has 5 aromatic rings. The lowest BCUT2D eigenvalue weighted by atomic mass is 9.92. The van der Waals surface area contributed by atoms with Crippen LogP contribution in [0, 0.1) is 13.8 Å². The van der Waals surface area contributed by atoms with E-state index in [0.29, 0.717) is 19.5 Å². The Morgan fingerprint density at radius 1 is 0.741 bits per heavy atom. The molecule has 286 valence electrons. The molecule has 0 bridgehead atoms. The van der Waals surface area contributed by atoms with E-state index in [4.69, 9.17) is 4.74 Å². The van der Waals surface area contributed by atoms with Crippen LogP contribution >= 0.6 is 0 Å².